The summed E-state index contributed by atoms with van der Waals surface area (Å²) in [6.45, 7) is 2.11. The van der Waals surface area contributed by atoms with Gasteiger partial charge in [-0.15, -0.1) is 0 Å². The summed E-state index contributed by atoms with van der Waals surface area (Å²) in [4.78, 5) is 33.1. The first-order chi connectivity index (χ1) is 12.4. The van der Waals surface area contributed by atoms with Crippen LogP contribution in [-0.2, 0) is 25.3 Å². The molecule has 0 unspecified atom stereocenters. The van der Waals surface area contributed by atoms with Crippen LogP contribution >= 0.6 is 0 Å². The molecule has 0 radical (unpaired) electrons. The zero-order chi connectivity index (χ0) is 18.8. The van der Waals surface area contributed by atoms with Crippen molar-refractivity contribution in [3.63, 3.8) is 0 Å². The van der Waals surface area contributed by atoms with Crippen molar-refractivity contribution in [2.75, 3.05) is 13.7 Å². The lowest BCUT2D eigenvalue weighted by Gasteiger charge is -2.08. The fraction of sp³-hybridized carbons (Fsp3) is 0.333. The maximum absolute atomic E-state index is 12.6. The van der Waals surface area contributed by atoms with E-state index in [0.29, 0.717) is 18.8 Å². The molecule has 3 aromatic rings. The molecule has 8 heteroatoms. The highest BCUT2D eigenvalue weighted by molar-refractivity contribution is 6.03. The molecule has 0 aliphatic carbocycles. The first-order valence-electron chi connectivity index (χ1n) is 8.24. The highest BCUT2D eigenvalue weighted by atomic mass is 16.5. The maximum atomic E-state index is 12.6. The van der Waals surface area contributed by atoms with Gasteiger partial charge >= 0.3 is 5.97 Å². The second-order valence-corrected chi connectivity index (χ2v) is 5.99. The van der Waals surface area contributed by atoms with Crippen molar-refractivity contribution >= 4 is 22.9 Å². The molecule has 8 nitrogen and oxygen atoms in total. The average Bonchev–Trinajstić information content (AvgIpc) is 3.12. The summed E-state index contributed by atoms with van der Waals surface area (Å²) < 4.78 is 8.30. The number of fused-ring (bicyclic) bond motifs is 1. The Morgan fingerprint density at radius 3 is 2.58 bits per heavy atom. The minimum Gasteiger partial charge on any atom is -0.464 e. The minimum atomic E-state index is -0.630. The number of carbonyl (C=O) groups is 2. The SMILES string of the molecule is COC(=O)c1nc(C)n(C)c1C(=O)NCCc1nc2ccccc2n1C. The van der Waals surface area contributed by atoms with Gasteiger partial charge < -0.3 is 19.2 Å². The Balaban J connectivity index is 1.73. The number of esters is 1. The standard InChI is InChI=1S/C18H21N5O3/c1-11-20-15(18(25)26-4)16(22(11)2)17(24)19-10-9-14-21-12-7-5-6-8-13(12)23(14)3/h5-8H,9-10H2,1-4H3,(H,19,24). The Bertz CT molecular complexity index is 986. The van der Waals surface area contributed by atoms with E-state index in [-0.39, 0.29) is 17.3 Å². The van der Waals surface area contributed by atoms with Crippen LogP contribution in [0.3, 0.4) is 0 Å². The molecule has 0 saturated carbocycles. The molecule has 0 bridgehead atoms. The number of hydrogen-bond acceptors (Lipinski definition) is 5. The van der Waals surface area contributed by atoms with Crippen LogP contribution in [-0.4, -0.2) is 44.6 Å². The predicted molar refractivity (Wildman–Crippen MR) is 96.0 cm³/mol. The van der Waals surface area contributed by atoms with Gasteiger partial charge in [-0.2, -0.15) is 0 Å². The number of hydrogen-bond donors (Lipinski definition) is 1. The Morgan fingerprint density at radius 2 is 1.88 bits per heavy atom. The largest absolute Gasteiger partial charge is 0.464 e. The van der Waals surface area contributed by atoms with E-state index in [1.165, 1.54) is 7.11 Å². The fourth-order valence-corrected chi connectivity index (χ4v) is 2.90. The molecule has 1 N–H and O–H groups in total. The lowest BCUT2D eigenvalue weighted by molar-refractivity contribution is 0.0589. The molecule has 26 heavy (non-hydrogen) atoms. The van der Waals surface area contributed by atoms with Gasteiger partial charge in [-0.05, 0) is 19.1 Å². The first-order valence-corrected chi connectivity index (χ1v) is 8.24. The topological polar surface area (TPSA) is 91.0 Å². The summed E-state index contributed by atoms with van der Waals surface area (Å²) in [6.07, 6.45) is 0.571. The molecular formula is C18H21N5O3. The number of benzene rings is 1. The van der Waals surface area contributed by atoms with Gasteiger partial charge in [-0.25, -0.2) is 14.8 Å². The number of nitrogens with zero attached hydrogens (tertiary/aromatic N) is 4. The molecule has 1 amide bonds. The second kappa shape index (κ2) is 6.99. The Kier molecular flexibility index (Phi) is 4.75. The van der Waals surface area contributed by atoms with E-state index in [1.54, 1.807) is 18.5 Å². The summed E-state index contributed by atoms with van der Waals surface area (Å²) in [7, 11) is 4.90. The van der Waals surface area contributed by atoms with Crippen molar-refractivity contribution in [3.05, 3.63) is 47.3 Å². The molecule has 0 atom stereocenters. The van der Waals surface area contributed by atoms with Crippen molar-refractivity contribution in [3.8, 4) is 0 Å². The number of aromatic nitrogens is 4. The van der Waals surface area contributed by atoms with E-state index >= 15 is 0 Å². The van der Waals surface area contributed by atoms with Crippen LogP contribution < -0.4 is 5.32 Å². The maximum Gasteiger partial charge on any atom is 0.359 e. The van der Waals surface area contributed by atoms with Crippen LogP contribution in [0.2, 0.25) is 0 Å². The van der Waals surface area contributed by atoms with Crippen molar-refractivity contribution in [2.24, 2.45) is 14.1 Å². The molecule has 0 aliphatic heterocycles. The fourth-order valence-electron chi connectivity index (χ4n) is 2.90. The van der Waals surface area contributed by atoms with Gasteiger partial charge in [0.15, 0.2) is 5.69 Å². The van der Waals surface area contributed by atoms with Crippen LogP contribution in [0.1, 0.15) is 32.6 Å². The molecule has 0 spiro atoms. The zero-order valence-electron chi connectivity index (χ0n) is 15.2. The first kappa shape index (κ1) is 17.7. The van der Waals surface area contributed by atoms with Crippen LogP contribution in [0, 0.1) is 6.92 Å². The molecule has 1 aromatic carbocycles. The number of imidazole rings is 2. The summed E-state index contributed by atoms with van der Waals surface area (Å²) in [5.74, 6) is 0.438. The van der Waals surface area contributed by atoms with Gasteiger partial charge in [0, 0.05) is 27.1 Å². The number of methoxy groups -OCH3 is 1. The zero-order valence-corrected chi connectivity index (χ0v) is 15.2. The van der Waals surface area contributed by atoms with Gasteiger partial charge in [0.2, 0.25) is 0 Å². The lowest BCUT2D eigenvalue weighted by atomic mass is 10.3. The van der Waals surface area contributed by atoms with Gasteiger partial charge in [0.25, 0.3) is 5.91 Å². The number of rotatable bonds is 5. The van der Waals surface area contributed by atoms with E-state index < -0.39 is 5.97 Å². The average molecular weight is 355 g/mol. The summed E-state index contributed by atoms with van der Waals surface area (Å²) in [5, 5.41) is 2.83. The lowest BCUT2D eigenvalue weighted by Crippen LogP contribution is -2.29. The molecule has 0 fully saturated rings. The van der Waals surface area contributed by atoms with Crippen LogP contribution in [0.15, 0.2) is 24.3 Å². The summed E-state index contributed by atoms with van der Waals surface area (Å²) in [6, 6.07) is 7.87. The predicted octanol–water partition coefficient (Wildman–Crippen LogP) is 1.37. The van der Waals surface area contributed by atoms with Crippen LogP contribution in [0.4, 0.5) is 0 Å². The van der Waals surface area contributed by atoms with Crippen LogP contribution in [0.25, 0.3) is 11.0 Å². The third-order valence-electron chi connectivity index (χ3n) is 4.43. The normalized spacial score (nSPS) is 10.9. The van der Waals surface area contributed by atoms with E-state index in [9.17, 15) is 9.59 Å². The summed E-state index contributed by atoms with van der Waals surface area (Å²) >= 11 is 0. The van der Waals surface area contributed by atoms with E-state index in [1.807, 2.05) is 35.9 Å². The monoisotopic (exact) mass is 355 g/mol. The quantitative estimate of drug-likeness (QED) is 0.698. The molecule has 2 aromatic heterocycles. The Morgan fingerprint density at radius 1 is 1.15 bits per heavy atom. The van der Waals surface area contributed by atoms with Crippen molar-refractivity contribution in [2.45, 2.75) is 13.3 Å². The van der Waals surface area contributed by atoms with Crippen molar-refractivity contribution in [1.29, 1.82) is 0 Å². The molecule has 0 saturated heterocycles. The third-order valence-corrected chi connectivity index (χ3v) is 4.43. The number of amides is 1. The number of para-hydroxylation sites is 2. The number of carbonyl (C=O) groups excluding carboxylic acids is 2. The van der Waals surface area contributed by atoms with Crippen LogP contribution in [0.5, 0.6) is 0 Å². The highest BCUT2D eigenvalue weighted by Crippen LogP contribution is 2.15. The smallest absolute Gasteiger partial charge is 0.359 e. The van der Waals surface area contributed by atoms with E-state index in [0.717, 1.165) is 16.9 Å². The van der Waals surface area contributed by atoms with Gasteiger partial charge in [0.05, 0.1) is 18.1 Å². The molecule has 3 rings (SSSR count). The minimum absolute atomic E-state index is 0.0210. The van der Waals surface area contributed by atoms with E-state index in [2.05, 4.69) is 15.3 Å². The summed E-state index contributed by atoms with van der Waals surface area (Å²) in [5.41, 5.74) is 2.18. The van der Waals surface area contributed by atoms with Crippen molar-refractivity contribution in [1.82, 2.24) is 24.4 Å². The highest BCUT2D eigenvalue weighted by Gasteiger charge is 2.25. The second-order valence-electron chi connectivity index (χ2n) is 5.99. The molecular weight excluding hydrogens is 334 g/mol. The van der Waals surface area contributed by atoms with Crippen molar-refractivity contribution < 1.29 is 14.3 Å². The van der Waals surface area contributed by atoms with E-state index in [4.69, 9.17) is 4.74 Å². The third kappa shape index (κ3) is 3.05. The number of ether oxygens (including phenoxy) is 1. The van der Waals surface area contributed by atoms with Gasteiger partial charge in [0.1, 0.15) is 17.3 Å². The Labute approximate surface area is 150 Å². The molecule has 0 aliphatic rings. The van der Waals surface area contributed by atoms with Gasteiger partial charge in [-0.1, -0.05) is 12.1 Å². The number of nitrogens with one attached hydrogen (secondary N) is 1. The Hall–Kier alpha value is -3.16. The van der Waals surface area contributed by atoms with Gasteiger partial charge in [-0.3, -0.25) is 4.79 Å². The molecule has 2 heterocycles. The number of aryl methyl sites for hydroxylation is 2. The molecule has 136 valence electrons.